The third-order valence-electron chi connectivity index (χ3n) is 10.9. The van der Waals surface area contributed by atoms with Crippen LogP contribution in [-0.4, -0.2) is 72.0 Å². The molecule has 1 N–H and O–H groups in total. The number of ether oxygens (including phenoxy) is 5. The highest BCUT2D eigenvalue weighted by atomic mass is 35.5. The maximum absolute atomic E-state index is 13.4. The molecule has 4 bridgehead atoms. The molecule has 7 aromatic rings. The smallest absolute Gasteiger partial charge is 0.345 e. The SMILES string of the molecule is COc1ccccc1-c1nccc(COc2ccc3cc2C[C@H](C(=O)O)Oc2ncnc4sc(C5CC5)c(c24)-c2ccc(c(Cl)c2C)O[C@@H](COS(=O)(=O)c2ccc(C)cc2)CO3)n1. The van der Waals surface area contributed by atoms with E-state index in [0.717, 1.165) is 34.4 Å². The van der Waals surface area contributed by atoms with Gasteiger partial charge in [0.15, 0.2) is 11.9 Å². The number of fused-ring (bicyclic) bond motifs is 7. The van der Waals surface area contributed by atoms with E-state index in [1.54, 1.807) is 55.8 Å². The summed E-state index contributed by atoms with van der Waals surface area (Å²) in [4.78, 5) is 33.1. The lowest BCUT2D eigenvalue weighted by molar-refractivity contribution is -0.145. The Morgan fingerprint density at radius 3 is 2.53 bits per heavy atom. The van der Waals surface area contributed by atoms with Crippen molar-refractivity contribution in [1.29, 1.82) is 0 Å². The van der Waals surface area contributed by atoms with Gasteiger partial charge in [-0.3, -0.25) is 4.18 Å². The molecule has 0 unspecified atom stereocenters. The van der Waals surface area contributed by atoms with Gasteiger partial charge in [-0.05, 0) is 98.3 Å². The van der Waals surface area contributed by atoms with Crippen LogP contribution in [-0.2, 0) is 32.1 Å². The molecule has 17 heteroatoms. The van der Waals surface area contributed by atoms with Crippen molar-refractivity contribution >= 4 is 49.2 Å². The number of methoxy groups -OCH3 is 1. The predicted molar refractivity (Wildman–Crippen MR) is 239 cm³/mol. The molecule has 2 atom stereocenters. The fourth-order valence-corrected chi connectivity index (χ4v) is 9.87. The average molecular weight is 921 g/mol. The molecule has 4 aromatic carbocycles. The number of halogens is 1. The fourth-order valence-electron chi connectivity index (χ4n) is 7.41. The second-order valence-electron chi connectivity index (χ2n) is 15.4. The lowest BCUT2D eigenvalue weighted by Crippen LogP contribution is -2.31. The summed E-state index contributed by atoms with van der Waals surface area (Å²) in [5, 5.41) is 11.6. The maximum Gasteiger partial charge on any atom is 0.345 e. The minimum absolute atomic E-state index is 0.00521. The number of hydrogen-bond donors (Lipinski definition) is 1. The molecular weight excluding hydrogens is 880 g/mol. The molecule has 5 heterocycles. The van der Waals surface area contributed by atoms with Gasteiger partial charge < -0.3 is 28.8 Å². The molecule has 3 aromatic heterocycles. The molecule has 2 aliphatic heterocycles. The van der Waals surface area contributed by atoms with Crippen LogP contribution in [0.3, 0.4) is 0 Å². The van der Waals surface area contributed by atoms with E-state index in [0.29, 0.717) is 60.7 Å². The summed E-state index contributed by atoms with van der Waals surface area (Å²) in [5.74, 6) is 1.15. The zero-order valence-corrected chi connectivity index (χ0v) is 37.2. The zero-order valence-electron chi connectivity index (χ0n) is 34.8. The van der Waals surface area contributed by atoms with Crippen LogP contribution in [0.2, 0.25) is 5.02 Å². The fraction of sp³-hybridized carbons (Fsp3) is 0.255. The van der Waals surface area contributed by atoms with E-state index in [1.165, 1.54) is 29.8 Å². The summed E-state index contributed by atoms with van der Waals surface area (Å²) in [6, 6.07) is 24.0. The Hall–Kier alpha value is -6.33. The van der Waals surface area contributed by atoms with Gasteiger partial charge in [-0.1, -0.05) is 47.5 Å². The van der Waals surface area contributed by atoms with E-state index < -0.39 is 34.9 Å². The number of carbonyl (C=O) groups is 1. The minimum Gasteiger partial charge on any atom is -0.496 e. The first kappa shape index (κ1) is 42.9. The molecule has 10 rings (SSSR count). The number of benzene rings is 4. The van der Waals surface area contributed by atoms with Gasteiger partial charge in [0.2, 0.25) is 12.0 Å². The van der Waals surface area contributed by atoms with Gasteiger partial charge in [0.1, 0.15) is 54.0 Å². The predicted octanol–water partition coefficient (Wildman–Crippen LogP) is 9.17. The number of nitrogens with zero attached hydrogens (tertiary/aromatic N) is 4. The second-order valence-corrected chi connectivity index (χ2v) is 18.4. The van der Waals surface area contributed by atoms with Crippen LogP contribution in [0.15, 0.2) is 102 Å². The number of carboxylic acids is 1. The number of carboxylic acid groups (broad SMARTS) is 1. The van der Waals surface area contributed by atoms with E-state index >= 15 is 0 Å². The number of aryl methyl sites for hydroxylation is 1. The van der Waals surface area contributed by atoms with Crippen molar-refractivity contribution < 1.29 is 46.2 Å². The highest BCUT2D eigenvalue weighted by molar-refractivity contribution is 7.86. The molecule has 1 aliphatic carbocycles. The Morgan fingerprint density at radius 2 is 1.75 bits per heavy atom. The molecule has 1 fully saturated rings. The van der Waals surface area contributed by atoms with Crippen molar-refractivity contribution in [2.45, 2.75) is 62.7 Å². The van der Waals surface area contributed by atoms with Crippen molar-refractivity contribution in [3.05, 3.63) is 130 Å². The Morgan fingerprint density at radius 1 is 0.938 bits per heavy atom. The molecule has 328 valence electrons. The number of rotatable bonds is 11. The van der Waals surface area contributed by atoms with Crippen LogP contribution in [0.5, 0.6) is 28.9 Å². The average Bonchev–Trinajstić information content (AvgIpc) is 4.08. The van der Waals surface area contributed by atoms with Crippen LogP contribution in [0.25, 0.3) is 32.7 Å². The van der Waals surface area contributed by atoms with E-state index in [2.05, 4.69) is 15.0 Å². The van der Waals surface area contributed by atoms with Gasteiger partial charge in [-0.15, -0.1) is 11.3 Å². The number of hydrogen-bond acceptors (Lipinski definition) is 14. The van der Waals surface area contributed by atoms with Gasteiger partial charge in [-0.25, -0.2) is 24.7 Å². The molecular formula is C47H41ClN4O10S2. The molecule has 0 radical (unpaired) electrons. The summed E-state index contributed by atoms with van der Waals surface area (Å²) >= 11 is 8.63. The largest absolute Gasteiger partial charge is 0.496 e. The number of aromatic nitrogens is 4. The zero-order chi connectivity index (χ0) is 44.5. The molecule has 0 spiro atoms. The Labute approximate surface area is 377 Å². The molecule has 0 amide bonds. The summed E-state index contributed by atoms with van der Waals surface area (Å²) < 4.78 is 63.3. The third-order valence-corrected chi connectivity index (χ3v) is 13.9. The van der Waals surface area contributed by atoms with Crippen molar-refractivity contribution in [3.63, 3.8) is 0 Å². The third kappa shape index (κ3) is 9.04. The normalized spacial score (nSPS) is 16.3. The van der Waals surface area contributed by atoms with E-state index in [9.17, 15) is 18.3 Å². The first-order chi connectivity index (χ1) is 30.9. The van der Waals surface area contributed by atoms with E-state index in [1.807, 2.05) is 44.2 Å². The van der Waals surface area contributed by atoms with Gasteiger partial charge in [-0.2, -0.15) is 8.42 Å². The first-order valence-electron chi connectivity index (χ1n) is 20.4. The summed E-state index contributed by atoms with van der Waals surface area (Å²) in [7, 11) is -2.61. The summed E-state index contributed by atoms with van der Waals surface area (Å²) in [5.41, 5.74) is 4.85. The van der Waals surface area contributed by atoms with Crippen molar-refractivity contribution in [2.75, 3.05) is 20.3 Å². The van der Waals surface area contributed by atoms with Crippen molar-refractivity contribution in [1.82, 2.24) is 19.9 Å². The van der Waals surface area contributed by atoms with E-state index in [4.69, 9.17) is 44.5 Å². The maximum atomic E-state index is 13.4. The number of thiophene rings is 1. The summed E-state index contributed by atoms with van der Waals surface area (Å²) in [6.07, 6.45) is 2.36. The van der Waals surface area contributed by atoms with Gasteiger partial charge in [0.25, 0.3) is 10.1 Å². The standard InChI is InChI=1S/C47H41ClN4O10S2/c1-26-8-13-33(14-9-26)64(55,56)60-24-32-23-58-31-12-16-36(59-22-30-18-19-49-44(52-30)35-6-4-5-7-37(35)57-3)29(20-31)21-39(47(53)54)62-45-41-40(34-15-17-38(61-32)42(48)27(34)2)43(28-10-11-28)63-46(41)51-25-50-45/h4-9,12-20,25,28,32,39H,10-11,21-24H2,1-3H3,(H,53,54)/t32-,39-/m1/s1. The number of aliphatic carboxylic acids is 1. The lowest BCUT2D eigenvalue weighted by atomic mass is 9.97. The lowest BCUT2D eigenvalue weighted by Gasteiger charge is -2.22. The quantitative estimate of drug-likeness (QED) is 0.121. The van der Waals surface area contributed by atoms with Crippen LogP contribution in [0.4, 0.5) is 0 Å². The number of para-hydroxylation sites is 1. The molecule has 1 saturated carbocycles. The minimum atomic E-state index is -4.19. The summed E-state index contributed by atoms with van der Waals surface area (Å²) in [6.45, 7) is 3.11. The van der Waals surface area contributed by atoms with Crippen molar-refractivity contribution in [2.24, 2.45) is 0 Å². The van der Waals surface area contributed by atoms with Gasteiger partial charge >= 0.3 is 5.97 Å². The monoisotopic (exact) mass is 920 g/mol. The van der Waals surface area contributed by atoms with E-state index in [-0.39, 0.29) is 42.1 Å². The highest BCUT2D eigenvalue weighted by Gasteiger charge is 2.34. The van der Waals surface area contributed by atoms with Crippen LogP contribution in [0.1, 0.15) is 46.0 Å². The van der Waals surface area contributed by atoms with Gasteiger partial charge in [0.05, 0.1) is 33.7 Å². The van der Waals surface area contributed by atoms with Crippen LogP contribution in [0, 0.1) is 13.8 Å². The van der Waals surface area contributed by atoms with Crippen molar-refractivity contribution in [3.8, 4) is 51.4 Å². The first-order valence-corrected chi connectivity index (χ1v) is 23.0. The van der Waals surface area contributed by atoms with Gasteiger partial charge in [0, 0.05) is 28.6 Å². The molecule has 3 aliphatic rings. The van der Waals surface area contributed by atoms with Crippen LogP contribution >= 0.6 is 22.9 Å². The Balaban J connectivity index is 1.11. The molecule has 64 heavy (non-hydrogen) atoms. The highest BCUT2D eigenvalue weighted by Crippen LogP contribution is 2.54. The van der Waals surface area contributed by atoms with Crippen LogP contribution < -0.4 is 23.7 Å². The second kappa shape index (κ2) is 18.0. The topological polar surface area (TPSA) is 178 Å². The Kier molecular flexibility index (Phi) is 12.1. The molecule has 14 nitrogen and oxygen atoms in total. The molecule has 0 saturated heterocycles. The Bertz CT molecular complexity index is 3000.